The fourth-order valence-corrected chi connectivity index (χ4v) is 1.73. The molecule has 0 bridgehead atoms. The maximum Gasteiger partial charge on any atom is 0.305 e. The molecule has 1 aromatic carbocycles. The Labute approximate surface area is 116 Å². The lowest BCUT2D eigenvalue weighted by Crippen LogP contribution is -1.97. The first-order chi connectivity index (χ1) is 9.11. The lowest BCUT2D eigenvalue weighted by molar-refractivity contribution is -0.385. The number of hydrogen-bond acceptors (Lipinski definition) is 5. The summed E-state index contributed by atoms with van der Waals surface area (Å²) in [6.45, 7) is 0. The van der Waals surface area contributed by atoms with E-state index < -0.39 is 4.92 Å². The second-order valence-electron chi connectivity index (χ2n) is 3.42. The van der Waals surface area contributed by atoms with Gasteiger partial charge in [-0.3, -0.25) is 10.1 Å². The van der Waals surface area contributed by atoms with Crippen LogP contribution in [0, 0.1) is 21.4 Å². The van der Waals surface area contributed by atoms with Crippen molar-refractivity contribution in [3.63, 3.8) is 0 Å². The number of para-hydroxylation sites is 1. The van der Waals surface area contributed by atoms with Crippen LogP contribution >= 0.6 is 15.9 Å². The fraction of sp³-hybridized carbons (Fsp3) is 0. The molecule has 0 fully saturated rings. The van der Waals surface area contributed by atoms with Crippen LogP contribution < -0.4 is 4.74 Å². The molecule has 0 aliphatic rings. The SMILES string of the molecule is N#Cc1nc(Oc2ccccc2Br)ccc1[N+](=O)[O-]. The molecular formula is C12H6BrN3O3. The molecule has 1 heterocycles. The highest BCUT2D eigenvalue weighted by Crippen LogP contribution is 2.29. The zero-order chi connectivity index (χ0) is 13.8. The predicted octanol–water partition coefficient (Wildman–Crippen LogP) is 3.42. The van der Waals surface area contributed by atoms with E-state index in [1.165, 1.54) is 12.1 Å². The van der Waals surface area contributed by atoms with E-state index in [1.54, 1.807) is 24.3 Å². The average molecular weight is 320 g/mol. The Balaban J connectivity index is 2.36. The van der Waals surface area contributed by atoms with Gasteiger partial charge in [-0.25, -0.2) is 0 Å². The standard InChI is InChI=1S/C12H6BrN3O3/c13-8-3-1-2-4-11(8)19-12-6-5-10(16(17)18)9(7-14)15-12/h1-6H. The minimum Gasteiger partial charge on any atom is -0.438 e. The second-order valence-corrected chi connectivity index (χ2v) is 4.27. The number of benzene rings is 1. The predicted molar refractivity (Wildman–Crippen MR) is 69.8 cm³/mol. The van der Waals surface area contributed by atoms with Crippen LogP contribution in [0.4, 0.5) is 5.69 Å². The van der Waals surface area contributed by atoms with Crippen molar-refractivity contribution in [3.05, 3.63) is 56.7 Å². The van der Waals surface area contributed by atoms with Gasteiger partial charge in [-0.1, -0.05) is 12.1 Å². The summed E-state index contributed by atoms with van der Waals surface area (Å²) >= 11 is 3.30. The number of nitriles is 1. The molecule has 0 unspecified atom stereocenters. The topological polar surface area (TPSA) is 89.0 Å². The monoisotopic (exact) mass is 319 g/mol. The van der Waals surface area contributed by atoms with Crippen molar-refractivity contribution in [1.82, 2.24) is 4.98 Å². The summed E-state index contributed by atoms with van der Waals surface area (Å²) in [5.74, 6) is 0.627. The summed E-state index contributed by atoms with van der Waals surface area (Å²) in [6, 6.07) is 11.3. The van der Waals surface area contributed by atoms with Gasteiger partial charge in [0, 0.05) is 12.1 Å². The lowest BCUT2D eigenvalue weighted by atomic mass is 10.3. The Morgan fingerprint density at radius 3 is 2.68 bits per heavy atom. The summed E-state index contributed by atoms with van der Waals surface area (Å²) in [7, 11) is 0. The van der Waals surface area contributed by atoms with Gasteiger partial charge in [-0.2, -0.15) is 10.2 Å². The molecule has 0 aliphatic carbocycles. The normalized spacial score (nSPS) is 9.68. The minimum atomic E-state index is -0.659. The Bertz CT molecular complexity index is 682. The number of pyridine rings is 1. The minimum absolute atomic E-state index is 0.119. The molecule has 0 atom stereocenters. The number of halogens is 1. The molecule has 0 N–H and O–H groups in total. The van der Waals surface area contributed by atoms with Gasteiger partial charge < -0.3 is 4.74 Å². The number of rotatable bonds is 3. The molecule has 19 heavy (non-hydrogen) atoms. The maximum atomic E-state index is 10.7. The van der Waals surface area contributed by atoms with Crippen LogP contribution in [0.5, 0.6) is 11.6 Å². The average Bonchev–Trinajstić information content (AvgIpc) is 2.41. The zero-order valence-corrected chi connectivity index (χ0v) is 11.0. The van der Waals surface area contributed by atoms with E-state index >= 15 is 0 Å². The molecule has 0 spiro atoms. The number of ether oxygens (including phenoxy) is 1. The summed E-state index contributed by atoms with van der Waals surface area (Å²) < 4.78 is 6.17. The van der Waals surface area contributed by atoms with Gasteiger partial charge in [0.15, 0.2) is 0 Å². The molecule has 2 rings (SSSR count). The molecule has 0 aliphatic heterocycles. The van der Waals surface area contributed by atoms with E-state index in [1.807, 2.05) is 6.07 Å². The molecule has 6 nitrogen and oxygen atoms in total. The molecule has 0 radical (unpaired) electrons. The highest BCUT2D eigenvalue weighted by molar-refractivity contribution is 9.10. The first kappa shape index (κ1) is 13.0. The number of aromatic nitrogens is 1. The molecule has 0 saturated heterocycles. The van der Waals surface area contributed by atoms with Crippen molar-refractivity contribution in [1.29, 1.82) is 5.26 Å². The summed E-state index contributed by atoms with van der Waals surface area (Å²) in [5, 5.41) is 19.5. The molecule has 0 saturated carbocycles. The number of nitro groups is 1. The van der Waals surface area contributed by atoms with Gasteiger partial charge in [0.25, 0.3) is 0 Å². The summed E-state index contributed by atoms with van der Waals surface area (Å²) in [5.41, 5.74) is -0.628. The van der Waals surface area contributed by atoms with Gasteiger partial charge in [-0.05, 0) is 28.1 Å². The van der Waals surface area contributed by atoms with Crippen LogP contribution in [0.15, 0.2) is 40.9 Å². The van der Waals surface area contributed by atoms with Crippen molar-refractivity contribution in [3.8, 4) is 17.7 Å². The molecule has 2 aromatic rings. The van der Waals surface area contributed by atoms with E-state index in [9.17, 15) is 10.1 Å². The van der Waals surface area contributed by atoms with E-state index in [2.05, 4.69) is 20.9 Å². The van der Waals surface area contributed by atoms with Crippen LogP contribution in [-0.4, -0.2) is 9.91 Å². The highest BCUT2D eigenvalue weighted by Gasteiger charge is 2.16. The first-order valence-electron chi connectivity index (χ1n) is 5.09. The smallest absolute Gasteiger partial charge is 0.305 e. The third kappa shape index (κ3) is 2.86. The van der Waals surface area contributed by atoms with Gasteiger partial charge in [0.05, 0.1) is 9.40 Å². The molecule has 7 heteroatoms. The van der Waals surface area contributed by atoms with Gasteiger partial charge in [0.1, 0.15) is 11.8 Å². The van der Waals surface area contributed by atoms with Gasteiger partial charge in [-0.15, -0.1) is 0 Å². The largest absolute Gasteiger partial charge is 0.438 e. The number of hydrogen-bond donors (Lipinski definition) is 0. The quantitative estimate of drug-likeness (QED) is 0.638. The molecule has 0 amide bonds. The molecule has 1 aromatic heterocycles. The van der Waals surface area contributed by atoms with Gasteiger partial charge >= 0.3 is 5.69 Å². The van der Waals surface area contributed by atoms with Crippen molar-refractivity contribution >= 4 is 21.6 Å². The van der Waals surface area contributed by atoms with Crippen molar-refractivity contribution in [2.45, 2.75) is 0 Å². The lowest BCUT2D eigenvalue weighted by Gasteiger charge is -2.06. The molecule has 94 valence electrons. The Hall–Kier alpha value is -2.46. The fourth-order valence-electron chi connectivity index (χ4n) is 1.36. The van der Waals surface area contributed by atoms with Crippen LogP contribution in [-0.2, 0) is 0 Å². The van der Waals surface area contributed by atoms with Crippen molar-refractivity contribution in [2.24, 2.45) is 0 Å². The van der Waals surface area contributed by atoms with Crippen LogP contribution in [0.25, 0.3) is 0 Å². The third-order valence-electron chi connectivity index (χ3n) is 2.20. The zero-order valence-electron chi connectivity index (χ0n) is 9.41. The van der Waals surface area contributed by atoms with Crippen molar-refractivity contribution < 1.29 is 9.66 Å². The van der Waals surface area contributed by atoms with Crippen LogP contribution in [0.3, 0.4) is 0 Å². The van der Waals surface area contributed by atoms with E-state index in [0.29, 0.717) is 10.2 Å². The second kappa shape index (κ2) is 5.46. The Kier molecular flexibility index (Phi) is 3.73. The van der Waals surface area contributed by atoms with E-state index in [4.69, 9.17) is 10.00 Å². The highest BCUT2D eigenvalue weighted by atomic mass is 79.9. The number of nitrogens with zero attached hydrogens (tertiary/aromatic N) is 3. The Morgan fingerprint density at radius 2 is 2.05 bits per heavy atom. The summed E-state index contributed by atoms with van der Waals surface area (Å²) in [6.07, 6.45) is 0. The molecular weight excluding hydrogens is 314 g/mol. The third-order valence-corrected chi connectivity index (χ3v) is 2.86. The van der Waals surface area contributed by atoms with E-state index in [0.717, 1.165) is 0 Å². The van der Waals surface area contributed by atoms with Crippen LogP contribution in [0.2, 0.25) is 0 Å². The van der Waals surface area contributed by atoms with Gasteiger partial charge in [0.2, 0.25) is 11.6 Å². The van der Waals surface area contributed by atoms with Crippen LogP contribution in [0.1, 0.15) is 5.69 Å². The Morgan fingerprint density at radius 1 is 1.32 bits per heavy atom. The maximum absolute atomic E-state index is 10.7. The summed E-state index contributed by atoms with van der Waals surface area (Å²) in [4.78, 5) is 13.8. The van der Waals surface area contributed by atoms with E-state index in [-0.39, 0.29) is 17.3 Å². The first-order valence-corrected chi connectivity index (χ1v) is 5.89. The van der Waals surface area contributed by atoms with Crippen molar-refractivity contribution in [2.75, 3.05) is 0 Å².